The molecular weight excluding hydrogens is 374 g/mol. The zero-order valence-corrected chi connectivity index (χ0v) is 16.8. The van der Waals surface area contributed by atoms with Gasteiger partial charge in [-0.3, -0.25) is 0 Å². The predicted molar refractivity (Wildman–Crippen MR) is 99.3 cm³/mol. The molecule has 0 radical (unpaired) electrons. The minimum absolute atomic E-state index is 0.0411. The van der Waals surface area contributed by atoms with Gasteiger partial charge >= 0.3 is 12.2 Å². The van der Waals surface area contributed by atoms with E-state index in [2.05, 4.69) is 15.1 Å². The molecule has 146 valence electrons. The molecule has 0 fully saturated rings. The predicted octanol–water partition coefficient (Wildman–Crippen LogP) is 4.18. The monoisotopic (exact) mass is 395 g/mol. The lowest BCUT2D eigenvalue weighted by Gasteiger charge is -2.25. The number of hydrogen-bond donors (Lipinski definition) is 0. The van der Waals surface area contributed by atoms with Crippen LogP contribution in [0.5, 0.6) is 0 Å². The standard InChI is InChI=1S/C17H22ClN5O4/c1-16(2,3)26-14(24)22-10-11(9-20-22)23(15(25)27-17(4,5)6)12-7-8-19-13(18)21-12/h7-10H,1-6H3. The van der Waals surface area contributed by atoms with Gasteiger partial charge in [-0.2, -0.15) is 14.8 Å². The fourth-order valence-electron chi connectivity index (χ4n) is 1.93. The molecule has 10 heteroatoms. The summed E-state index contributed by atoms with van der Waals surface area (Å²) in [5.41, 5.74) is -1.17. The lowest BCUT2D eigenvalue weighted by Crippen LogP contribution is -2.34. The Hall–Kier alpha value is -2.68. The van der Waals surface area contributed by atoms with Crippen molar-refractivity contribution >= 4 is 35.3 Å². The number of hydrogen-bond acceptors (Lipinski definition) is 7. The summed E-state index contributed by atoms with van der Waals surface area (Å²) in [5, 5.41) is 3.92. The first-order valence-corrected chi connectivity index (χ1v) is 8.53. The summed E-state index contributed by atoms with van der Waals surface area (Å²) in [7, 11) is 0. The highest BCUT2D eigenvalue weighted by Crippen LogP contribution is 2.26. The summed E-state index contributed by atoms with van der Waals surface area (Å²) >= 11 is 5.85. The van der Waals surface area contributed by atoms with Gasteiger partial charge < -0.3 is 9.47 Å². The van der Waals surface area contributed by atoms with Crippen LogP contribution >= 0.6 is 11.6 Å². The van der Waals surface area contributed by atoms with E-state index in [1.807, 2.05) is 0 Å². The van der Waals surface area contributed by atoms with Crippen LogP contribution < -0.4 is 4.90 Å². The van der Waals surface area contributed by atoms with E-state index in [1.54, 1.807) is 41.5 Å². The molecule has 0 aliphatic rings. The van der Waals surface area contributed by atoms with Crippen LogP contribution in [0.15, 0.2) is 24.7 Å². The van der Waals surface area contributed by atoms with E-state index in [9.17, 15) is 9.59 Å². The van der Waals surface area contributed by atoms with Gasteiger partial charge in [-0.05, 0) is 53.1 Å². The Kier molecular flexibility index (Phi) is 5.74. The minimum atomic E-state index is -0.743. The molecule has 27 heavy (non-hydrogen) atoms. The van der Waals surface area contributed by atoms with Crippen molar-refractivity contribution in [2.24, 2.45) is 0 Å². The average molecular weight is 396 g/mol. The Morgan fingerprint density at radius 1 is 1.11 bits per heavy atom. The van der Waals surface area contributed by atoms with E-state index in [4.69, 9.17) is 21.1 Å². The summed E-state index contributed by atoms with van der Waals surface area (Å²) in [5.74, 6) is 0.174. The second-order valence-corrected chi connectivity index (χ2v) is 7.96. The van der Waals surface area contributed by atoms with Gasteiger partial charge in [-0.25, -0.2) is 19.5 Å². The number of nitrogens with zero attached hydrogens (tertiary/aromatic N) is 5. The van der Waals surface area contributed by atoms with Crippen LogP contribution in [0.4, 0.5) is 21.1 Å². The Morgan fingerprint density at radius 3 is 2.30 bits per heavy atom. The molecular formula is C17H22ClN5O4. The van der Waals surface area contributed by atoms with Gasteiger partial charge in [0.15, 0.2) is 0 Å². The van der Waals surface area contributed by atoms with Crippen LogP contribution in [0.2, 0.25) is 5.28 Å². The Bertz CT molecular complexity index is 838. The zero-order chi connectivity index (χ0) is 20.4. The zero-order valence-electron chi connectivity index (χ0n) is 16.1. The summed E-state index contributed by atoms with van der Waals surface area (Å²) in [6, 6.07) is 1.49. The highest BCUT2D eigenvalue weighted by molar-refractivity contribution is 6.28. The Morgan fingerprint density at radius 2 is 1.74 bits per heavy atom. The fraction of sp³-hybridized carbons (Fsp3) is 0.471. The van der Waals surface area contributed by atoms with Crippen LogP contribution in [0.1, 0.15) is 41.5 Å². The van der Waals surface area contributed by atoms with E-state index in [1.165, 1.54) is 24.7 Å². The number of carbonyl (C=O) groups is 2. The van der Waals surface area contributed by atoms with Crippen molar-refractivity contribution in [3.05, 3.63) is 29.9 Å². The second-order valence-electron chi connectivity index (χ2n) is 7.62. The molecule has 2 rings (SSSR count). The van der Waals surface area contributed by atoms with E-state index in [0.29, 0.717) is 0 Å². The van der Waals surface area contributed by atoms with Crippen LogP contribution in [0.3, 0.4) is 0 Å². The summed E-state index contributed by atoms with van der Waals surface area (Å²) in [6.45, 7) is 10.4. The summed E-state index contributed by atoms with van der Waals surface area (Å²) in [6.07, 6.45) is 2.68. The third-order valence-corrected chi connectivity index (χ3v) is 3.01. The average Bonchev–Trinajstić information content (AvgIpc) is 2.93. The first-order chi connectivity index (χ1) is 12.4. The highest BCUT2D eigenvalue weighted by atomic mass is 35.5. The maximum Gasteiger partial charge on any atom is 0.435 e. The molecule has 0 N–H and O–H groups in total. The number of anilines is 2. The highest BCUT2D eigenvalue weighted by Gasteiger charge is 2.28. The van der Waals surface area contributed by atoms with E-state index in [0.717, 1.165) is 9.58 Å². The van der Waals surface area contributed by atoms with Gasteiger partial charge in [0, 0.05) is 12.3 Å². The molecule has 2 heterocycles. The van der Waals surface area contributed by atoms with Crippen LogP contribution in [0, 0.1) is 0 Å². The first kappa shape index (κ1) is 20.6. The molecule has 0 saturated carbocycles. The number of carbonyl (C=O) groups excluding carboxylic acids is 2. The molecule has 0 aromatic carbocycles. The maximum absolute atomic E-state index is 12.7. The molecule has 0 bridgehead atoms. The van der Waals surface area contributed by atoms with Gasteiger partial charge in [0.1, 0.15) is 17.0 Å². The van der Waals surface area contributed by atoms with Gasteiger partial charge in [0.2, 0.25) is 5.28 Å². The number of ether oxygens (including phenoxy) is 2. The fourth-order valence-corrected chi connectivity index (χ4v) is 2.07. The van der Waals surface area contributed by atoms with E-state index in [-0.39, 0.29) is 16.8 Å². The number of halogens is 1. The van der Waals surface area contributed by atoms with Crippen molar-refractivity contribution in [2.45, 2.75) is 52.7 Å². The Balaban J connectivity index is 2.40. The molecule has 2 aromatic heterocycles. The third-order valence-electron chi connectivity index (χ3n) is 2.82. The van der Waals surface area contributed by atoms with Gasteiger partial charge in [-0.15, -0.1) is 0 Å². The largest absolute Gasteiger partial charge is 0.443 e. The maximum atomic E-state index is 12.7. The van der Waals surface area contributed by atoms with Crippen molar-refractivity contribution in [3.8, 4) is 0 Å². The quantitative estimate of drug-likeness (QED) is 0.703. The Labute approximate surface area is 162 Å². The van der Waals surface area contributed by atoms with Crippen molar-refractivity contribution in [2.75, 3.05) is 4.90 Å². The number of amides is 1. The SMILES string of the molecule is CC(C)(C)OC(=O)N(c1cnn(C(=O)OC(C)(C)C)c1)c1ccnc(Cl)n1. The molecule has 9 nitrogen and oxygen atoms in total. The lowest BCUT2D eigenvalue weighted by atomic mass is 10.2. The normalized spacial score (nSPS) is 11.8. The summed E-state index contributed by atoms with van der Waals surface area (Å²) in [4.78, 5) is 33.9. The minimum Gasteiger partial charge on any atom is -0.443 e. The van der Waals surface area contributed by atoms with Crippen LogP contribution in [-0.4, -0.2) is 43.1 Å². The molecule has 0 aliphatic heterocycles. The topological polar surface area (TPSA) is 99.4 Å². The second kappa shape index (κ2) is 7.51. The van der Waals surface area contributed by atoms with Crippen molar-refractivity contribution < 1.29 is 19.1 Å². The molecule has 0 aliphatic carbocycles. The van der Waals surface area contributed by atoms with Gasteiger partial charge in [0.05, 0.1) is 18.1 Å². The molecule has 0 spiro atoms. The van der Waals surface area contributed by atoms with Crippen molar-refractivity contribution in [1.29, 1.82) is 0 Å². The van der Waals surface area contributed by atoms with Crippen LogP contribution in [0.25, 0.3) is 0 Å². The van der Waals surface area contributed by atoms with Crippen molar-refractivity contribution in [1.82, 2.24) is 19.7 Å². The molecule has 0 saturated heterocycles. The van der Waals surface area contributed by atoms with Gasteiger partial charge in [-0.1, -0.05) is 0 Å². The number of rotatable bonds is 2. The molecule has 2 aromatic rings. The van der Waals surface area contributed by atoms with E-state index >= 15 is 0 Å². The molecule has 0 unspecified atom stereocenters. The van der Waals surface area contributed by atoms with Crippen LogP contribution in [-0.2, 0) is 9.47 Å². The third kappa shape index (κ3) is 5.92. The van der Waals surface area contributed by atoms with Crippen molar-refractivity contribution in [3.63, 3.8) is 0 Å². The molecule has 1 amide bonds. The smallest absolute Gasteiger partial charge is 0.435 e. The lowest BCUT2D eigenvalue weighted by molar-refractivity contribution is 0.0512. The molecule has 0 atom stereocenters. The van der Waals surface area contributed by atoms with E-state index < -0.39 is 23.4 Å². The van der Waals surface area contributed by atoms with Gasteiger partial charge in [0.25, 0.3) is 0 Å². The summed E-state index contributed by atoms with van der Waals surface area (Å²) < 4.78 is 11.7. The number of aromatic nitrogens is 4. The first-order valence-electron chi connectivity index (χ1n) is 8.15.